The number of para-hydroxylation sites is 1. The number of benzene rings is 3. The van der Waals surface area contributed by atoms with E-state index in [9.17, 15) is 17.6 Å². The molecule has 1 unspecified atom stereocenters. The highest BCUT2D eigenvalue weighted by Gasteiger charge is 2.39. The number of nitrogens with zero attached hydrogens (tertiary/aromatic N) is 1. The maximum Gasteiger partial charge on any atom is 0.229 e. The van der Waals surface area contributed by atoms with Gasteiger partial charge in [0, 0.05) is 6.42 Å². The number of anilines is 1. The summed E-state index contributed by atoms with van der Waals surface area (Å²) in [5, 5.41) is -0.944. The molecule has 0 aromatic heterocycles. The van der Waals surface area contributed by atoms with Crippen LogP contribution in [0.25, 0.3) is 0 Å². The summed E-state index contributed by atoms with van der Waals surface area (Å²) in [6, 6.07) is 21.2. The number of amides is 1. The molecule has 28 heavy (non-hydrogen) atoms. The van der Waals surface area contributed by atoms with Crippen LogP contribution in [0.5, 0.6) is 0 Å². The molecule has 0 fully saturated rings. The lowest BCUT2D eigenvalue weighted by molar-refractivity contribution is -0.118. The second-order valence-corrected chi connectivity index (χ2v) is 8.82. The molecule has 0 bridgehead atoms. The van der Waals surface area contributed by atoms with Gasteiger partial charge in [-0.1, -0.05) is 54.6 Å². The maximum atomic E-state index is 13.4. The van der Waals surface area contributed by atoms with Gasteiger partial charge in [0.25, 0.3) is 0 Å². The van der Waals surface area contributed by atoms with Crippen LogP contribution in [0.3, 0.4) is 0 Å². The average Bonchev–Trinajstić information content (AvgIpc) is 2.79. The molecular weight excluding hydrogens is 377 g/mol. The van der Waals surface area contributed by atoms with E-state index in [-0.39, 0.29) is 29.6 Å². The molecular formula is C22H18FNO3S. The van der Waals surface area contributed by atoms with Crippen LogP contribution in [0.4, 0.5) is 10.1 Å². The number of sulfone groups is 1. The summed E-state index contributed by atoms with van der Waals surface area (Å²) in [5.41, 5.74) is 1.67. The molecule has 4 rings (SSSR count). The summed E-state index contributed by atoms with van der Waals surface area (Å²) >= 11 is 0. The van der Waals surface area contributed by atoms with Gasteiger partial charge in [-0.3, -0.25) is 4.79 Å². The van der Waals surface area contributed by atoms with E-state index in [4.69, 9.17) is 0 Å². The van der Waals surface area contributed by atoms with E-state index in [1.807, 2.05) is 6.07 Å². The van der Waals surface area contributed by atoms with Crippen molar-refractivity contribution in [2.75, 3.05) is 4.90 Å². The number of hydrogen-bond donors (Lipinski definition) is 0. The van der Waals surface area contributed by atoms with Gasteiger partial charge in [0.15, 0.2) is 9.84 Å². The SMILES string of the molecule is O=C1CC(c2ccccc2)S(=O)(=O)c2ccccc2N1Cc1ccc(F)cc1. The van der Waals surface area contributed by atoms with Crippen molar-refractivity contribution in [3.8, 4) is 0 Å². The minimum absolute atomic E-state index is 0.136. The standard InChI is InChI=1S/C22H18FNO3S/c23-18-12-10-16(11-13-18)15-24-19-8-4-5-9-20(19)28(26,27)21(14-22(24)25)17-6-2-1-3-7-17/h1-13,21H,14-15H2. The highest BCUT2D eigenvalue weighted by Crippen LogP contribution is 2.41. The van der Waals surface area contributed by atoms with Crippen molar-refractivity contribution in [2.45, 2.75) is 23.1 Å². The van der Waals surface area contributed by atoms with Crippen LogP contribution in [0.2, 0.25) is 0 Å². The summed E-state index contributed by atoms with van der Waals surface area (Å²) in [6.45, 7) is 0.174. The van der Waals surface area contributed by atoms with E-state index in [0.29, 0.717) is 11.3 Å². The predicted molar refractivity (Wildman–Crippen MR) is 105 cm³/mol. The van der Waals surface area contributed by atoms with Crippen LogP contribution in [-0.4, -0.2) is 14.3 Å². The molecule has 3 aromatic rings. The van der Waals surface area contributed by atoms with Crippen molar-refractivity contribution in [2.24, 2.45) is 0 Å². The first-order valence-corrected chi connectivity index (χ1v) is 10.4. The molecule has 0 saturated heterocycles. The molecule has 0 radical (unpaired) electrons. The van der Waals surface area contributed by atoms with E-state index in [1.54, 1.807) is 54.6 Å². The van der Waals surface area contributed by atoms with Crippen LogP contribution in [0.15, 0.2) is 83.8 Å². The molecule has 1 aliphatic heterocycles. The quantitative estimate of drug-likeness (QED) is 0.665. The smallest absolute Gasteiger partial charge is 0.229 e. The Morgan fingerprint density at radius 1 is 0.893 bits per heavy atom. The van der Waals surface area contributed by atoms with Crippen molar-refractivity contribution >= 4 is 21.4 Å². The Balaban J connectivity index is 1.82. The van der Waals surface area contributed by atoms with E-state index in [1.165, 1.54) is 23.1 Å². The van der Waals surface area contributed by atoms with Crippen LogP contribution in [0, 0.1) is 5.82 Å². The molecule has 1 heterocycles. The third-order valence-corrected chi connectivity index (χ3v) is 7.07. The van der Waals surface area contributed by atoms with Gasteiger partial charge in [-0.2, -0.15) is 0 Å². The normalized spacial score (nSPS) is 18.4. The van der Waals surface area contributed by atoms with Gasteiger partial charge in [-0.25, -0.2) is 12.8 Å². The fourth-order valence-electron chi connectivity index (χ4n) is 3.50. The fourth-order valence-corrected chi connectivity index (χ4v) is 5.42. The zero-order chi connectivity index (χ0) is 19.7. The second-order valence-electron chi connectivity index (χ2n) is 6.72. The lowest BCUT2D eigenvalue weighted by atomic mass is 10.1. The predicted octanol–water partition coefficient (Wildman–Crippen LogP) is 4.28. The minimum Gasteiger partial charge on any atom is -0.307 e. The first-order valence-electron chi connectivity index (χ1n) is 8.89. The Hall–Kier alpha value is -2.99. The van der Waals surface area contributed by atoms with Crippen LogP contribution in [-0.2, 0) is 21.2 Å². The molecule has 142 valence electrons. The summed E-state index contributed by atoms with van der Waals surface area (Å²) in [5.74, 6) is -0.648. The fraction of sp³-hybridized carbons (Fsp3) is 0.136. The number of carbonyl (C=O) groups is 1. The Morgan fingerprint density at radius 2 is 1.54 bits per heavy atom. The van der Waals surface area contributed by atoms with Crippen molar-refractivity contribution in [1.82, 2.24) is 0 Å². The van der Waals surface area contributed by atoms with Crippen molar-refractivity contribution in [1.29, 1.82) is 0 Å². The molecule has 0 N–H and O–H groups in total. The van der Waals surface area contributed by atoms with Gasteiger partial charge in [-0.15, -0.1) is 0 Å². The lowest BCUT2D eigenvalue weighted by Crippen LogP contribution is -2.30. The van der Waals surface area contributed by atoms with Crippen molar-refractivity contribution in [3.05, 3.63) is 95.8 Å². The molecule has 0 aliphatic carbocycles. The molecule has 1 atom stereocenters. The van der Waals surface area contributed by atoms with Gasteiger partial charge in [0.1, 0.15) is 5.82 Å². The highest BCUT2D eigenvalue weighted by atomic mass is 32.2. The minimum atomic E-state index is -3.76. The van der Waals surface area contributed by atoms with Gasteiger partial charge < -0.3 is 4.90 Å². The number of fused-ring (bicyclic) bond motifs is 1. The molecule has 0 spiro atoms. The third kappa shape index (κ3) is 3.31. The Bertz CT molecular complexity index is 1110. The summed E-state index contributed by atoms with van der Waals surface area (Å²) in [7, 11) is -3.76. The van der Waals surface area contributed by atoms with Crippen LogP contribution >= 0.6 is 0 Å². The number of halogens is 1. The monoisotopic (exact) mass is 395 g/mol. The Kier molecular flexibility index (Phi) is 4.73. The van der Waals surface area contributed by atoms with Crippen molar-refractivity contribution < 1.29 is 17.6 Å². The molecule has 3 aromatic carbocycles. The first kappa shape index (κ1) is 18.4. The topological polar surface area (TPSA) is 54.5 Å². The molecule has 1 amide bonds. The Morgan fingerprint density at radius 3 is 2.25 bits per heavy atom. The number of hydrogen-bond acceptors (Lipinski definition) is 3. The van der Waals surface area contributed by atoms with E-state index < -0.39 is 15.1 Å². The Labute approximate surface area is 163 Å². The van der Waals surface area contributed by atoms with Crippen molar-refractivity contribution in [3.63, 3.8) is 0 Å². The molecule has 4 nitrogen and oxygen atoms in total. The maximum absolute atomic E-state index is 13.4. The van der Waals surface area contributed by atoms with Gasteiger partial charge in [0.05, 0.1) is 22.4 Å². The largest absolute Gasteiger partial charge is 0.307 e. The summed E-state index contributed by atoms with van der Waals surface area (Å²) < 4.78 is 40.0. The average molecular weight is 395 g/mol. The van der Waals surface area contributed by atoms with Crippen LogP contribution in [0.1, 0.15) is 22.8 Å². The number of carbonyl (C=O) groups excluding carboxylic acids is 1. The van der Waals surface area contributed by atoms with Gasteiger partial charge >= 0.3 is 0 Å². The zero-order valence-electron chi connectivity index (χ0n) is 15.0. The summed E-state index contributed by atoms with van der Waals surface area (Å²) in [6.07, 6.45) is -0.151. The molecule has 6 heteroatoms. The highest BCUT2D eigenvalue weighted by molar-refractivity contribution is 7.92. The summed E-state index contributed by atoms with van der Waals surface area (Å²) in [4.78, 5) is 14.7. The second kappa shape index (κ2) is 7.20. The molecule has 1 aliphatic rings. The van der Waals surface area contributed by atoms with E-state index in [2.05, 4.69) is 0 Å². The lowest BCUT2D eigenvalue weighted by Gasteiger charge is -2.22. The zero-order valence-corrected chi connectivity index (χ0v) is 15.8. The van der Waals surface area contributed by atoms with E-state index >= 15 is 0 Å². The van der Waals surface area contributed by atoms with Gasteiger partial charge in [-0.05, 0) is 35.4 Å². The van der Waals surface area contributed by atoms with E-state index in [0.717, 1.165) is 5.56 Å². The van der Waals surface area contributed by atoms with Gasteiger partial charge in [0.2, 0.25) is 5.91 Å². The van der Waals surface area contributed by atoms with Crippen LogP contribution < -0.4 is 4.90 Å². The first-order chi connectivity index (χ1) is 13.5. The third-order valence-electron chi connectivity index (χ3n) is 4.92. The number of rotatable bonds is 3. The molecule has 0 saturated carbocycles.